The van der Waals surface area contributed by atoms with Gasteiger partial charge in [0.25, 0.3) is 0 Å². The molecule has 3 aromatic rings. The summed E-state index contributed by atoms with van der Waals surface area (Å²) in [4.78, 5) is 4.54. The van der Waals surface area contributed by atoms with Crippen LogP contribution in [0.1, 0.15) is 40.6 Å². The molecule has 0 N–H and O–H groups in total. The second kappa shape index (κ2) is 10.8. The van der Waals surface area contributed by atoms with Gasteiger partial charge in [-0.3, -0.25) is 8.63 Å². The predicted molar refractivity (Wildman–Crippen MR) is 143 cm³/mol. The van der Waals surface area contributed by atoms with Gasteiger partial charge < -0.3 is 4.48 Å². The Labute approximate surface area is 199 Å². The Hall–Kier alpha value is -3.99. The number of hydrogen-bond acceptors (Lipinski definition) is 1. The molecule has 5 heteroatoms. The number of aryl methyl sites for hydroxylation is 1. The molecule has 0 spiro atoms. The van der Waals surface area contributed by atoms with Gasteiger partial charge in [0.05, 0.1) is 11.4 Å². The van der Waals surface area contributed by atoms with Gasteiger partial charge in [0.2, 0.25) is 0 Å². The Morgan fingerprint density at radius 1 is 0.794 bits per heavy atom. The summed E-state index contributed by atoms with van der Waals surface area (Å²) in [6, 6.07) is 19.5. The van der Waals surface area contributed by atoms with Gasteiger partial charge in [-0.05, 0) is 71.2 Å². The first-order valence-corrected chi connectivity index (χ1v) is 11.2. The molecule has 0 saturated carbocycles. The topological polar surface area (TPSA) is 17.3 Å². The zero-order chi connectivity index (χ0) is 23.9. The molecular weight excluding hydrogens is 425 g/mol. The lowest BCUT2D eigenvalue weighted by Gasteiger charge is -2.05. The van der Waals surface area contributed by atoms with Crippen molar-refractivity contribution in [3.8, 4) is 0 Å². The summed E-state index contributed by atoms with van der Waals surface area (Å²) in [6.07, 6.45) is 15.6. The van der Waals surface area contributed by atoms with E-state index in [0.29, 0.717) is 17.1 Å². The van der Waals surface area contributed by atoms with Crippen LogP contribution in [0.15, 0.2) is 96.2 Å². The van der Waals surface area contributed by atoms with E-state index in [4.69, 9.17) is 0 Å². The van der Waals surface area contributed by atoms with Crippen molar-refractivity contribution in [1.82, 2.24) is 4.48 Å². The van der Waals surface area contributed by atoms with Crippen LogP contribution in [0.25, 0.3) is 30.4 Å². The van der Waals surface area contributed by atoms with Crippen LogP contribution in [0.4, 0.5) is 8.63 Å². The quantitative estimate of drug-likeness (QED) is 0.313. The van der Waals surface area contributed by atoms with Gasteiger partial charge in [-0.1, -0.05) is 80.3 Å². The second-order valence-electron chi connectivity index (χ2n) is 7.90. The number of rotatable bonds is 8. The van der Waals surface area contributed by atoms with Crippen molar-refractivity contribution in [3.05, 3.63) is 125 Å². The molecule has 4 rings (SSSR count). The fourth-order valence-electron chi connectivity index (χ4n) is 3.65. The van der Waals surface area contributed by atoms with Gasteiger partial charge >= 0.3 is 7.40 Å². The molecule has 168 valence electrons. The van der Waals surface area contributed by atoms with Gasteiger partial charge in [0, 0.05) is 11.4 Å². The molecular formula is C29H25BF2N2. The molecule has 1 aliphatic rings. The van der Waals surface area contributed by atoms with Gasteiger partial charge in [-0.2, -0.15) is 0 Å². The molecule has 0 fully saturated rings. The van der Waals surface area contributed by atoms with Crippen molar-refractivity contribution in [2.24, 2.45) is 4.99 Å². The maximum atomic E-state index is 13.9. The maximum Gasteiger partial charge on any atom is 0.678 e. The Kier molecular flexibility index (Phi) is 7.33. The average molecular weight is 450 g/mol. The van der Waals surface area contributed by atoms with Crippen molar-refractivity contribution in [2.45, 2.75) is 13.3 Å². The molecule has 2 aromatic carbocycles. The Morgan fingerprint density at radius 3 is 2.06 bits per heavy atom. The van der Waals surface area contributed by atoms with Crippen LogP contribution in [0.3, 0.4) is 0 Å². The van der Waals surface area contributed by atoms with Crippen LogP contribution in [-0.2, 0) is 6.42 Å². The molecule has 1 aromatic heterocycles. The van der Waals surface area contributed by atoms with E-state index in [-0.39, 0.29) is 0 Å². The monoisotopic (exact) mass is 450 g/mol. The molecule has 0 atom stereocenters. The highest BCUT2D eigenvalue weighted by molar-refractivity contribution is 6.41. The van der Waals surface area contributed by atoms with E-state index in [1.165, 1.54) is 5.56 Å². The predicted octanol–water partition coefficient (Wildman–Crippen LogP) is 7.70. The minimum atomic E-state index is -2.66. The van der Waals surface area contributed by atoms with Crippen molar-refractivity contribution in [1.29, 1.82) is 0 Å². The molecule has 2 heterocycles. The molecule has 0 aliphatic carbocycles. The highest BCUT2D eigenvalue weighted by atomic mass is 19.2. The normalized spacial score (nSPS) is 14.4. The third-order valence-corrected chi connectivity index (χ3v) is 5.61. The molecule has 1 aliphatic heterocycles. The summed E-state index contributed by atoms with van der Waals surface area (Å²) in [5.74, 6) is 0. The number of aliphatic imine (C=N–C) groups is 1. The molecule has 0 amide bonds. The number of hydrogen-bond donors (Lipinski definition) is 0. The zero-order valence-electron chi connectivity index (χ0n) is 19.0. The number of allylic oxidation sites excluding steroid dienone is 3. The lowest BCUT2D eigenvalue weighted by molar-refractivity contribution is 0.627. The van der Waals surface area contributed by atoms with Crippen molar-refractivity contribution >= 4 is 43.5 Å². The molecule has 0 radical (unpaired) electrons. The fourth-order valence-corrected chi connectivity index (χ4v) is 3.65. The molecule has 0 unspecified atom stereocenters. The van der Waals surface area contributed by atoms with E-state index in [1.54, 1.807) is 30.4 Å². The van der Waals surface area contributed by atoms with Gasteiger partial charge in [-0.15, -0.1) is 0 Å². The van der Waals surface area contributed by atoms with E-state index < -0.39 is 7.40 Å². The first kappa shape index (κ1) is 23.2. The smallest absolute Gasteiger partial charge is 0.326 e. The third kappa shape index (κ3) is 5.68. The molecule has 34 heavy (non-hydrogen) atoms. The number of halogens is 2. The number of aromatic nitrogens is 1. The van der Waals surface area contributed by atoms with Crippen LogP contribution in [-0.4, -0.2) is 17.6 Å². The first-order valence-electron chi connectivity index (χ1n) is 11.2. The lowest BCUT2D eigenvalue weighted by Crippen LogP contribution is -2.16. The molecule has 0 saturated heterocycles. The maximum absolute atomic E-state index is 13.9. The van der Waals surface area contributed by atoms with Crippen LogP contribution < -0.4 is 0 Å². The number of nitrogens with zero attached hydrogens (tertiary/aromatic N) is 2. The van der Waals surface area contributed by atoms with Gasteiger partial charge in [0.1, 0.15) is 0 Å². The van der Waals surface area contributed by atoms with Crippen molar-refractivity contribution < 1.29 is 8.63 Å². The minimum absolute atomic E-state index is 0.407. The van der Waals surface area contributed by atoms with Crippen molar-refractivity contribution in [2.75, 3.05) is 0 Å². The third-order valence-electron chi connectivity index (χ3n) is 5.61. The average Bonchev–Trinajstić information content (AvgIpc) is 3.49. The van der Waals surface area contributed by atoms with E-state index in [0.717, 1.165) is 33.3 Å². The summed E-state index contributed by atoms with van der Waals surface area (Å²) in [5.41, 5.74) is 6.57. The number of benzene rings is 2. The Bertz CT molecular complexity index is 1310. The fraction of sp³-hybridized carbons (Fsp3) is 0.0690. The lowest BCUT2D eigenvalue weighted by atomic mass is 10.1. The highest BCUT2D eigenvalue weighted by Gasteiger charge is 2.22. The van der Waals surface area contributed by atoms with Gasteiger partial charge in [-0.25, -0.2) is 4.99 Å². The van der Waals surface area contributed by atoms with E-state index in [9.17, 15) is 8.63 Å². The van der Waals surface area contributed by atoms with Crippen LogP contribution >= 0.6 is 0 Å². The zero-order valence-corrected chi connectivity index (χ0v) is 19.0. The summed E-state index contributed by atoms with van der Waals surface area (Å²) in [7, 11) is -2.66. The van der Waals surface area contributed by atoms with Gasteiger partial charge in [0.15, 0.2) is 0 Å². The minimum Gasteiger partial charge on any atom is -0.326 e. The van der Waals surface area contributed by atoms with E-state index in [2.05, 4.69) is 30.6 Å². The van der Waals surface area contributed by atoms with Crippen LogP contribution in [0, 0.1) is 0 Å². The standard InChI is InChI=1S/C29H25BF2N2/c1-3-22-5-9-24(10-6-22)13-15-26-16-17-27(33-26)21-29-20-19-28(34(29)30(31)32)18-14-25-11-7-23(4-2)8-12-25/h3,5-21H,1,4H2,2H3/b15-13+,18-14+,27-21-. The SMILES string of the molecule is C=Cc1ccc(/C=C/C2=NC(=C\c3ccc(/C=C/c4ccc(CC)cc4)n3B(F)F)/C=C2)cc1. The van der Waals surface area contributed by atoms with Crippen LogP contribution in [0.5, 0.6) is 0 Å². The van der Waals surface area contributed by atoms with E-state index >= 15 is 0 Å². The Morgan fingerprint density at radius 2 is 1.41 bits per heavy atom. The summed E-state index contributed by atoms with van der Waals surface area (Å²) < 4.78 is 28.8. The second-order valence-corrected chi connectivity index (χ2v) is 7.90. The van der Waals surface area contributed by atoms with Crippen LogP contribution in [0.2, 0.25) is 0 Å². The summed E-state index contributed by atoms with van der Waals surface area (Å²) >= 11 is 0. The first-order chi connectivity index (χ1) is 16.6. The highest BCUT2D eigenvalue weighted by Crippen LogP contribution is 2.21. The molecule has 0 bridgehead atoms. The largest absolute Gasteiger partial charge is 0.678 e. The van der Waals surface area contributed by atoms with E-state index in [1.807, 2.05) is 66.8 Å². The van der Waals surface area contributed by atoms with Crippen molar-refractivity contribution in [3.63, 3.8) is 0 Å². The summed E-state index contributed by atoms with van der Waals surface area (Å²) in [5, 5.41) is 0. The molecule has 2 nitrogen and oxygen atoms in total. The Balaban J connectivity index is 1.52. The summed E-state index contributed by atoms with van der Waals surface area (Å²) in [6.45, 7) is 5.85.